The number of carbonyl (C=O) groups excluding carboxylic acids is 2. The summed E-state index contributed by atoms with van der Waals surface area (Å²) in [6, 6.07) is 7.55. The van der Waals surface area contributed by atoms with Gasteiger partial charge in [0.2, 0.25) is 0 Å². The standard InChI is InChI=1S/C25H22F3N3O5S/c1-5-11-36-23(32)21-15(2)31(18-8-6-7-17(13-18)25(26,27)28)24(33)30(3)22(21)19-10-9-16(14-29)12-20(19)37(4,34)35/h5-10,12-13,22H,1,11H2,2-4H3/t22-/m1/s1. The molecule has 2 aromatic rings. The van der Waals surface area contributed by atoms with E-state index in [0.29, 0.717) is 0 Å². The van der Waals surface area contributed by atoms with E-state index in [1.807, 2.05) is 6.07 Å². The zero-order valence-electron chi connectivity index (χ0n) is 20.0. The number of benzene rings is 2. The number of anilines is 1. The molecule has 0 saturated heterocycles. The Labute approximate surface area is 211 Å². The summed E-state index contributed by atoms with van der Waals surface area (Å²) in [7, 11) is -2.66. The first kappa shape index (κ1) is 27.5. The lowest BCUT2D eigenvalue weighted by molar-refractivity contribution is -0.139. The zero-order valence-corrected chi connectivity index (χ0v) is 20.9. The lowest BCUT2D eigenvalue weighted by Gasteiger charge is -2.41. The number of amides is 2. The van der Waals surface area contributed by atoms with E-state index in [2.05, 4.69) is 6.58 Å². The summed E-state index contributed by atoms with van der Waals surface area (Å²) in [6.45, 7) is 4.62. The maximum Gasteiger partial charge on any atom is 0.416 e. The average Bonchev–Trinajstić information content (AvgIpc) is 2.83. The Morgan fingerprint density at radius 2 is 1.92 bits per heavy atom. The molecule has 0 N–H and O–H groups in total. The molecule has 8 nitrogen and oxygen atoms in total. The van der Waals surface area contributed by atoms with E-state index in [4.69, 9.17) is 4.74 Å². The van der Waals surface area contributed by atoms with Crippen molar-refractivity contribution in [3.63, 3.8) is 0 Å². The number of esters is 1. The van der Waals surface area contributed by atoms with Gasteiger partial charge in [0.05, 0.1) is 39.4 Å². The van der Waals surface area contributed by atoms with E-state index in [1.54, 1.807) is 0 Å². The summed E-state index contributed by atoms with van der Waals surface area (Å²) >= 11 is 0. The molecular formula is C25H22F3N3O5S. The van der Waals surface area contributed by atoms with Crippen molar-refractivity contribution in [1.82, 2.24) is 4.90 Å². The second-order valence-electron chi connectivity index (χ2n) is 8.20. The van der Waals surface area contributed by atoms with Crippen LogP contribution < -0.4 is 4.90 Å². The topological polar surface area (TPSA) is 108 Å². The van der Waals surface area contributed by atoms with Crippen LogP contribution in [0.3, 0.4) is 0 Å². The summed E-state index contributed by atoms with van der Waals surface area (Å²) < 4.78 is 70.5. The van der Waals surface area contributed by atoms with Gasteiger partial charge >= 0.3 is 18.2 Å². The van der Waals surface area contributed by atoms with Crippen LogP contribution in [-0.4, -0.2) is 45.2 Å². The Bertz CT molecular complexity index is 1460. The molecule has 3 rings (SSSR count). The second-order valence-corrected chi connectivity index (χ2v) is 10.2. The van der Waals surface area contributed by atoms with Gasteiger partial charge in [-0.2, -0.15) is 18.4 Å². The van der Waals surface area contributed by atoms with Crippen molar-refractivity contribution < 1.29 is 35.9 Å². The maximum atomic E-state index is 13.5. The first-order chi connectivity index (χ1) is 17.2. The van der Waals surface area contributed by atoms with Crippen LogP contribution in [0.1, 0.15) is 29.7 Å². The maximum absolute atomic E-state index is 13.5. The van der Waals surface area contributed by atoms with Crippen LogP contribution in [0.25, 0.3) is 0 Å². The van der Waals surface area contributed by atoms with Crippen molar-refractivity contribution in [2.24, 2.45) is 0 Å². The molecule has 0 aliphatic carbocycles. The predicted molar refractivity (Wildman–Crippen MR) is 128 cm³/mol. The number of likely N-dealkylation sites (N-methyl/N-ethyl adjacent to an activating group) is 1. The van der Waals surface area contributed by atoms with Gasteiger partial charge in [0, 0.05) is 19.0 Å². The fourth-order valence-corrected chi connectivity index (χ4v) is 4.98. The van der Waals surface area contributed by atoms with Crippen molar-refractivity contribution >= 4 is 27.5 Å². The number of allylic oxidation sites excluding steroid dienone is 1. The summed E-state index contributed by atoms with van der Waals surface area (Å²) in [5.41, 5.74) is -1.32. The van der Waals surface area contributed by atoms with Crippen molar-refractivity contribution in [2.45, 2.75) is 24.0 Å². The molecule has 2 aromatic carbocycles. The Hall–Kier alpha value is -4.11. The monoisotopic (exact) mass is 533 g/mol. The zero-order chi connectivity index (χ0) is 27.7. The Kier molecular flexibility index (Phi) is 7.50. The van der Waals surface area contributed by atoms with Gasteiger partial charge < -0.3 is 9.64 Å². The Morgan fingerprint density at radius 3 is 2.49 bits per heavy atom. The number of rotatable bonds is 6. The molecule has 1 aliphatic heterocycles. The number of carbonyl (C=O) groups is 2. The number of nitriles is 1. The largest absolute Gasteiger partial charge is 0.458 e. The molecule has 0 fully saturated rings. The Morgan fingerprint density at radius 1 is 1.24 bits per heavy atom. The lowest BCUT2D eigenvalue weighted by atomic mass is 9.92. The number of nitrogens with zero attached hydrogens (tertiary/aromatic N) is 3. The molecule has 194 valence electrons. The van der Waals surface area contributed by atoms with Crippen LogP contribution in [-0.2, 0) is 25.5 Å². The predicted octanol–water partition coefficient (Wildman–Crippen LogP) is 4.60. The molecule has 1 aliphatic rings. The van der Waals surface area contributed by atoms with Crippen LogP contribution in [0, 0.1) is 11.3 Å². The third-order valence-corrected chi connectivity index (χ3v) is 6.85. The van der Waals surface area contributed by atoms with Crippen LogP contribution >= 0.6 is 0 Å². The highest BCUT2D eigenvalue weighted by atomic mass is 32.2. The lowest BCUT2D eigenvalue weighted by Crippen LogP contribution is -2.49. The summed E-state index contributed by atoms with van der Waals surface area (Å²) in [6.07, 6.45) is -2.47. The molecule has 37 heavy (non-hydrogen) atoms. The highest BCUT2D eigenvalue weighted by molar-refractivity contribution is 7.90. The number of sulfone groups is 1. The van der Waals surface area contributed by atoms with Gasteiger partial charge in [-0.15, -0.1) is 0 Å². The molecule has 0 unspecified atom stereocenters. The normalized spacial score (nSPS) is 16.5. The number of ether oxygens (including phenoxy) is 1. The summed E-state index contributed by atoms with van der Waals surface area (Å²) in [5, 5.41) is 9.25. The Balaban J connectivity index is 2.33. The fourth-order valence-electron chi connectivity index (χ4n) is 4.04. The van der Waals surface area contributed by atoms with E-state index < -0.39 is 39.6 Å². The first-order valence-corrected chi connectivity index (χ1v) is 12.6. The van der Waals surface area contributed by atoms with E-state index in [-0.39, 0.29) is 39.6 Å². The van der Waals surface area contributed by atoms with Gasteiger partial charge in [0.25, 0.3) is 0 Å². The van der Waals surface area contributed by atoms with E-state index in [0.717, 1.165) is 40.3 Å². The molecule has 1 atom stereocenters. The quantitative estimate of drug-likeness (QED) is 0.397. The van der Waals surface area contributed by atoms with Crippen LogP contribution in [0.4, 0.5) is 23.7 Å². The van der Waals surface area contributed by atoms with Gasteiger partial charge in [-0.1, -0.05) is 24.8 Å². The number of hydrogen-bond acceptors (Lipinski definition) is 6. The van der Waals surface area contributed by atoms with Crippen LogP contribution in [0.15, 0.2) is 71.3 Å². The van der Waals surface area contributed by atoms with Crippen LogP contribution in [0.2, 0.25) is 0 Å². The SMILES string of the molecule is C=CCOC(=O)C1=C(C)N(c2cccc(C(F)(F)F)c2)C(=O)N(C)[C@@H]1c1ccc(C#N)cc1S(C)(=O)=O. The van der Waals surface area contributed by atoms with E-state index in [1.165, 1.54) is 38.2 Å². The number of urea groups is 1. The molecule has 0 aromatic heterocycles. The second kappa shape index (κ2) is 10.1. The van der Waals surface area contributed by atoms with Gasteiger partial charge in [-0.3, -0.25) is 4.90 Å². The first-order valence-electron chi connectivity index (χ1n) is 10.7. The molecule has 1 heterocycles. The molecule has 0 spiro atoms. The van der Waals surface area contributed by atoms with Gasteiger partial charge in [0.15, 0.2) is 9.84 Å². The van der Waals surface area contributed by atoms with Crippen molar-refractivity contribution in [1.29, 1.82) is 5.26 Å². The molecule has 12 heteroatoms. The van der Waals surface area contributed by atoms with Crippen molar-refractivity contribution in [2.75, 3.05) is 24.8 Å². The van der Waals surface area contributed by atoms with Crippen LogP contribution in [0.5, 0.6) is 0 Å². The minimum Gasteiger partial charge on any atom is -0.458 e. The van der Waals surface area contributed by atoms with Gasteiger partial charge in [-0.25, -0.2) is 18.0 Å². The molecule has 2 amide bonds. The molecule has 0 bridgehead atoms. The summed E-state index contributed by atoms with van der Waals surface area (Å²) in [4.78, 5) is 28.4. The van der Waals surface area contributed by atoms with E-state index in [9.17, 15) is 36.4 Å². The molecule has 0 radical (unpaired) electrons. The smallest absolute Gasteiger partial charge is 0.416 e. The average molecular weight is 534 g/mol. The van der Waals surface area contributed by atoms with Gasteiger partial charge in [-0.05, 0) is 42.8 Å². The number of hydrogen-bond donors (Lipinski definition) is 0. The number of halogens is 3. The highest BCUT2D eigenvalue weighted by Gasteiger charge is 2.43. The van der Waals surface area contributed by atoms with Crippen molar-refractivity contribution in [3.05, 3.63) is 83.1 Å². The third-order valence-electron chi connectivity index (χ3n) is 5.70. The molecule has 0 saturated carbocycles. The van der Waals surface area contributed by atoms with Gasteiger partial charge in [0.1, 0.15) is 6.61 Å². The van der Waals surface area contributed by atoms with E-state index >= 15 is 0 Å². The van der Waals surface area contributed by atoms with Crippen molar-refractivity contribution in [3.8, 4) is 6.07 Å². The molecular weight excluding hydrogens is 511 g/mol. The highest BCUT2D eigenvalue weighted by Crippen LogP contribution is 2.42. The third kappa shape index (κ3) is 5.36. The minimum atomic E-state index is -4.68. The summed E-state index contributed by atoms with van der Waals surface area (Å²) in [5.74, 6) is -0.928. The number of alkyl halides is 3. The fraction of sp³-hybridized carbons (Fsp3) is 0.240. The minimum absolute atomic E-state index is 0.0194.